The lowest BCUT2D eigenvalue weighted by Gasteiger charge is -1.88. The minimum Gasteiger partial charge on any atom is -0.152 e. The number of rotatable bonds is 4. The van der Waals surface area contributed by atoms with E-state index in [0.717, 1.165) is 0 Å². The summed E-state index contributed by atoms with van der Waals surface area (Å²) in [5, 5.41) is 1.82. The minimum atomic E-state index is 1.19. The SMILES string of the molecule is CCCCCC=CS. The third-order valence-electron chi connectivity index (χ3n) is 1.08. The van der Waals surface area contributed by atoms with E-state index in [0.29, 0.717) is 0 Å². The van der Waals surface area contributed by atoms with Crippen LogP contribution in [-0.4, -0.2) is 0 Å². The molecule has 8 heavy (non-hydrogen) atoms. The Morgan fingerprint density at radius 3 is 2.62 bits per heavy atom. The van der Waals surface area contributed by atoms with Gasteiger partial charge in [0.05, 0.1) is 0 Å². The van der Waals surface area contributed by atoms with Gasteiger partial charge in [-0.25, -0.2) is 0 Å². The van der Waals surface area contributed by atoms with E-state index in [1.165, 1.54) is 25.7 Å². The van der Waals surface area contributed by atoms with Crippen LogP contribution in [-0.2, 0) is 0 Å². The molecule has 0 radical (unpaired) electrons. The quantitative estimate of drug-likeness (QED) is 0.439. The highest BCUT2D eigenvalue weighted by Gasteiger charge is 1.78. The second kappa shape index (κ2) is 7.09. The van der Waals surface area contributed by atoms with Crippen LogP contribution in [0.5, 0.6) is 0 Å². The molecule has 0 bridgehead atoms. The summed E-state index contributed by atoms with van der Waals surface area (Å²) in [6.07, 6.45) is 7.25. The van der Waals surface area contributed by atoms with Crippen LogP contribution in [0.15, 0.2) is 11.5 Å². The fourth-order valence-electron chi connectivity index (χ4n) is 0.587. The lowest BCUT2D eigenvalue weighted by atomic mass is 10.2. The smallest absolute Gasteiger partial charge is 0.0343 e. The van der Waals surface area contributed by atoms with Gasteiger partial charge in [-0.05, 0) is 18.2 Å². The van der Waals surface area contributed by atoms with Crippen molar-refractivity contribution in [1.29, 1.82) is 0 Å². The molecule has 0 saturated carbocycles. The number of hydrogen-bond acceptors (Lipinski definition) is 1. The van der Waals surface area contributed by atoms with E-state index in [1.54, 1.807) is 0 Å². The molecule has 0 nitrogen and oxygen atoms in total. The Kier molecular flexibility index (Phi) is 7.17. The maximum Gasteiger partial charge on any atom is -0.0343 e. The molecule has 0 aromatic rings. The molecular weight excluding hydrogens is 116 g/mol. The van der Waals surface area contributed by atoms with Crippen LogP contribution < -0.4 is 0 Å². The number of unbranched alkanes of at least 4 members (excludes halogenated alkanes) is 3. The molecule has 0 spiro atoms. The van der Waals surface area contributed by atoms with Crippen molar-refractivity contribution in [2.75, 3.05) is 0 Å². The molecule has 0 fully saturated rings. The standard InChI is InChI=1S/C7H14S/c1-2-3-4-5-6-7-8/h6-8H,2-5H2,1H3. The highest BCUT2D eigenvalue weighted by molar-refractivity contribution is 7.83. The average molecular weight is 130 g/mol. The molecule has 0 atom stereocenters. The summed E-state index contributed by atoms with van der Waals surface area (Å²) in [5.41, 5.74) is 0. The van der Waals surface area contributed by atoms with Crippen LogP contribution in [0, 0.1) is 0 Å². The molecule has 0 aromatic carbocycles. The topological polar surface area (TPSA) is 0 Å². The molecule has 0 heterocycles. The first kappa shape index (κ1) is 8.09. The van der Waals surface area contributed by atoms with Gasteiger partial charge in [0.1, 0.15) is 0 Å². The summed E-state index contributed by atoms with van der Waals surface area (Å²) in [7, 11) is 0. The van der Waals surface area contributed by atoms with Gasteiger partial charge in [-0.15, -0.1) is 0 Å². The Morgan fingerprint density at radius 1 is 1.38 bits per heavy atom. The largest absolute Gasteiger partial charge is 0.152 e. The van der Waals surface area contributed by atoms with E-state index in [2.05, 4.69) is 25.6 Å². The summed E-state index contributed by atoms with van der Waals surface area (Å²) in [6.45, 7) is 2.21. The molecule has 0 amide bonds. The van der Waals surface area contributed by atoms with Gasteiger partial charge in [-0.3, -0.25) is 0 Å². The van der Waals surface area contributed by atoms with Crippen molar-refractivity contribution in [2.45, 2.75) is 32.6 Å². The average Bonchev–Trinajstić information content (AvgIpc) is 1.81. The lowest BCUT2D eigenvalue weighted by molar-refractivity contribution is 0.729. The van der Waals surface area contributed by atoms with Crippen LogP contribution in [0.25, 0.3) is 0 Å². The fourth-order valence-corrected chi connectivity index (χ4v) is 0.736. The van der Waals surface area contributed by atoms with Crippen molar-refractivity contribution < 1.29 is 0 Å². The number of thiol groups is 1. The maximum absolute atomic E-state index is 3.94. The Morgan fingerprint density at radius 2 is 2.12 bits per heavy atom. The van der Waals surface area contributed by atoms with E-state index in [4.69, 9.17) is 0 Å². The van der Waals surface area contributed by atoms with Gasteiger partial charge in [-0.2, -0.15) is 12.6 Å². The molecule has 0 rings (SSSR count). The van der Waals surface area contributed by atoms with Crippen LogP contribution in [0.1, 0.15) is 32.6 Å². The summed E-state index contributed by atoms with van der Waals surface area (Å²) in [5.74, 6) is 0. The predicted octanol–water partition coefficient (Wildman–Crippen LogP) is 3.01. The fraction of sp³-hybridized carbons (Fsp3) is 0.714. The van der Waals surface area contributed by atoms with Crippen molar-refractivity contribution in [3.63, 3.8) is 0 Å². The molecule has 0 aromatic heterocycles. The minimum absolute atomic E-state index is 1.19. The van der Waals surface area contributed by atoms with Crippen molar-refractivity contribution >= 4 is 12.6 Å². The highest BCUT2D eigenvalue weighted by Crippen LogP contribution is 1.99. The lowest BCUT2D eigenvalue weighted by Crippen LogP contribution is -1.68. The Bertz CT molecular complexity index is 57.4. The van der Waals surface area contributed by atoms with Gasteiger partial charge >= 0.3 is 0 Å². The van der Waals surface area contributed by atoms with Gasteiger partial charge in [0, 0.05) is 0 Å². The van der Waals surface area contributed by atoms with Gasteiger partial charge in [0.2, 0.25) is 0 Å². The van der Waals surface area contributed by atoms with Crippen LogP contribution in [0.2, 0.25) is 0 Å². The molecule has 0 unspecified atom stereocenters. The monoisotopic (exact) mass is 130 g/mol. The summed E-state index contributed by atoms with van der Waals surface area (Å²) >= 11 is 3.94. The van der Waals surface area contributed by atoms with Gasteiger partial charge in [-0.1, -0.05) is 25.8 Å². The van der Waals surface area contributed by atoms with Crippen molar-refractivity contribution in [3.8, 4) is 0 Å². The normalized spacial score (nSPS) is 10.8. The first-order valence-corrected chi connectivity index (χ1v) is 3.72. The zero-order valence-corrected chi connectivity index (χ0v) is 6.32. The molecule has 0 aliphatic rings. The molecular formula is C7H14S. The molecule has 0 aliphatic heterocycles. The summed E-state index contributed by atoms with van der Waals surface area (Å²) in [6, 6.07) is 0. The first-order valence-electron chi connectivity index (χ1n) is 3.21. The van der Waals surface area contributed by atoms with E-state index >= 15 is 0 Å². The molecule has 48 valence electrons. The van der Waals surface area contributed by atoms with Crippen LogP contribution >= 0.6 is 12.6 Å². The van der Waals surface area contributed by atoms with Gasteiger partial charge < -0.3 is 0 Å². The predicted molar refractivity (Wildman–Crippen MR) is 42.3 cm³/mol. The Hall–Kier alpha value is 0.0900. The zero-order chi connectivity index (χ0) is 6.24. The second-order valence-electron chi connectivity index (χ2n) is 1.88. The van der Waals surface area contributed by atoms with E-state index in [9.17, 15) is 0 Å². The first-order chi connectivity index (χ1) is 3.91. The van der Waals surface area contributed by atoms with Gasteiger partial charge in [0.25, 0.3) is 0 Å². The van der Waals surface area contributed by atoms with Crippen molar-refractivity contribution in [1.82, 2.24) is 0 Å². The van der Waals surface area contributed by atoms with E-state index in [-0.39, 0.29) is 0 Å². The number of hydrogen-bond donors (Lipinski definition) is 1. The second-order valence-corrected chi connectivity index (χ2v) is 2.18. The maximum atomic E-state index is 3.94. The van der Waals surface area contributed by atoms with Crippen molar-refractivity contribution in [2.24, 2.45) is 0 Å². The van der Waals surface area contributed by atoms with Crippen molar-refractivity contribution in [3.05, 3.63) is 11.5 Å². The Labute approximate surface area is 57.4 Å². The van der Waals surface area contributed by atoms with E-state index in [1.807, 2.05) is 5.41 Å². The van der Waals surface area contributed by atoms with Crippen LogP contribution in [0.3, 0.4) is 0 Å². The molecule has 0 saturated heterocycles. The molecule has 0 N–H and O–H groups in total. The third-order valence-corrected chi connectivity index (χ3v) is 1.29. The zero-order valence-electron chi connectivity index (χ0n) is 5.43. The highest BCUT2D eigenvalue weighted by atomic mass is 32.1. The van der Waals surface area contributed by atoms with Crippen LogP contribution in [0.4, 0.5) is 0 Å². The van der Waals surface area contributed by atoms with Gasteiger partial charge in [0.15, 0.2) is 0 Å². The summed E-state index contributed by atoms with van der Waals surface area (Å²) in [4.78, 5) is 0. The molecule has 0 aliphatic carbocycles. The third kappa shape index (κ3) is 6.09. The Balaban J connectivity index is 2.72. The summed E-state index contributed by atoms with van der Waals surface area (Å²) < 4.78 is 0. The van der Waals surface area contributed by atoms with E-state index < -0.39 is 0 Å². The number of allylic oxidation sites excluding steroid dienone is 1. The molecule has 1 heteroatoms.